The lowest BCUT2D eigenvalue weighted by atomic mass is 9.86. The Kier molecular flexibility index (Phi) is 29.3. The zero-order valence-corrected chi connectivity index (χ0v) is 28.8. The SMILES string of the molecule is CCCCCCCCCCCCOC(=O)CC[C@](CCCCCCCC)(NC(=O)CCCCCCCCCCC)C(=O)O. The normalized spacial score (nSPS) is 12.6. The number of rotatable bonds is 33. The van der Waals surface area contributed by atoms with Crippen LogP contribution in [0.4, 0.5) is 0 Å². The Balaban J connectivity index is 4.57. The number of carbonyl (C=O) groups is 3. The van der Waals surface area contributed by atoms with Crippen LogP contribution in [0.5, 0.6) is 0 Å². The van der Waals surface area contributed by atoms with Crippen molar-refractivity contribution < 1.29 is 24.2 Å². The van der Waals surface area contributed by atoms with Gasteiger partial charge in [0.15, 0.2) is 0 Å². The number of carboxylic acid groups (broad SMARTS) is 1. The molecule has 0 aromatic rings. The monoisotopic (exact) mass is 610 g/mol. The zero-order valence-electron chi connectivity index (χ0n) is 28.8. The molecule has 0 saturated heterocycles. The van der Waals surface area contributed by atoms with Gasteiger partial charge in [-0.25, -0.2) is 4.79 Å². The molecule has 0 aliphatic carbocycles. The van der Waals surface area contributed by atoms with E-state index < -0.39 is 11.5 Å². The molecule has 6 heteroatoms. The van der Waals surface area contributed by atoms with E-state index in [0.717, 1.165) is 70.6 Å². The van der Waals surface area contributed by atoms with E-state index in [1.165, 1.54) is 89.9 Å². The molecule has 0 rings (SSSR count). The van der Waals surface area contributed by atoms with E-state index in [9.17, 15) is 19.5 Å². The lowest BCUT2D eigenvalue weighted by molar-refractivity contribution is -0.150. The maximum atomic E-state index is 12.9. The minimum Gasteiger partial charge on any atom is -0.480 e. The third-order valence-electron chi connectivity index (χ3n) is 8.77. The highest BCUT2D eigenvalue weighted by atomic mass is 16.5. The first kappa shape index (κ1) is 41.4. The quantitative estimate of drug-likeness (QED) is 0.0570. The molecular formula is C37H71NO5. The van der Waals surface area contributed by atoms with Gasteiger partial charge in [-0.1, -0.05) is 168 Å². The topological polar surface area (TPSA) is 92.7 Å². The van der Waals surface area contributed by atoms with Crippen LogP contribution in [0.2, 0.25) is 0 Å². The van der Waals surface area contributed by atoms with E-state index in [-0.39, 0.29) is 24.7 Å². The van der Waals surface area contributed by atoms with Crippen molar-refractivity contribution in [2.24, 2.45) is 0 Å². The van der Waals surface area contributed by atoms with E-state index in [4.69, 9.17) is 4.74 Å². The summed E-state index contributed by atoms with van der Waals surface area (Å²) in [5, 5.41) is 13.1. The van der Waals surface area contributed by atoms with Gasteiger partial charge >= 0.3 is 11.9 Å². The predicted octanol–water partition coefficient (Wildman–Crippen LogP) is 10.8. The summed E-state index contributed by atoms with van der Waals surface area (Å²) in [5.74, 6) is -1.61. The van der Waals surface area contributed by atoms with Crippen LogP contribution in [-0.2, 0) is 19.1 Å². The number of nitrogens with one attached hydrogen (secondary N) is 1. The van der Waals surface area contributed by atoms with E-state index in [1.54, 1.807) is 0 Å². The summed E-state index contributed by atoms with van der Waals surface area (Å²) in [4.78, 5) is 38.0. The minimum absolute atomic E-state index is 0.0121. The summed E-state index contributed by atoms with van der Waals surface area (Å²) in [6.07, 6.45) is 29.7. The summed E-state index contributed by atoms with van der Waals surface area (Å²) in [6, 6.07) is 0. The fourth-order valence-electron chi connectivity index (χ4n) is 5.81. The number of esters is 1. The Morgan fingerprint density at radius 1 is 0.512 bits per heavy atom. The van der Waals surface area contributed by atoms with Crippen molar-refractivity contribution in [1.29, 1.82) is 0 Å². The third-order valence-corrected chi connectivity index (χ3v) is 8.77. The van der Waals surface area contributed by atoms with Crippen LogP contribution in [0.25, 0.3) is 0 Å². The van der Waals surface area contributed by atoms with Gasteiger partial charge in [0, 0.05) is 12.8 Å². The second-order valence-corrected chi connectivity index (χ2v) is 12.9. The molecule has 1 atom stereocenters. The average molecular weight is 610 g/mol. The maximum Gasteiger partial charge on any atom is 0.329 e. The van der Waals surface area contributed by atoms with Crippen LogP contribution < -0.4 is 5.32 Å². The highest BCUT2D eigenvalue weighted by molar-refractivity contribution is 5.87. The molecule has 0 heterocycles. The van der Waals surface area contributed by atoms with Gasteiger partial charge in [0.05, 0.1) is 6.61 Å². The van der Waals surface area contributed by atoms with Crippen molar-refractivity contribution in [3.05, 3.63) is 0 Å². The first-order valence-electron chi connectivity index (χ1n) is 18.6. The Bertz CT molecular complexity index is 667. The number of amides is 1. The smallest absolute Gasteiger partial charge is 0.329 e. The van der Waals surface area contributed by atoms with E-state index in [2.05, 4.69) is 26.1 Å². The Morgan fingerprint density at radius 2 is 0.907 bits per heavy atom. The second kappa shape index (κ2) is 30.4. The lowest BCUT2D eigenvalue weighted by Gasteiger charge is -2.30. The molecule has 0 aliphatic heterocycles. The first-order valence-corrected chi connectivity index (χ1v) is 18.6. The number of carbonyl (C=O) groups excluding carboxylic acids is 2. The van der Waals surface area contributed by atoms with Crippen LogP contribution in [0.1, 0.15) is 207 Å². The molecule has 0 aromatic carbocycles. The molecule has 1 amide bonds. The number of hydrogen-bond acceptors (Lipinski definition) is 4. The van der Waals surface area contributed by atoms with Gasteiger partial charge < -0.3 is 15.2 Å². The van der Waals surface area contributed by atoms with Gasteiger partial charge in [-0.15, -0.1) is 0 Å². The largest absolute Gasteiger partial charge is 0.480 e. The van der Waals surface area contributed by atoms with Gasteiger partial charge in [0.25, 0.3) is 0 Å². The van der Waals surface area contributed by atoms with Gasteiger partial charge in [-0.05, 0) is 25.7 Å². The number of carboxylic acids is 1. The van der Waals surface area contributed by atoms with Crippen LogP contribution in [0.15, 0.2) is 0 Å². The summed E-state index contributed by atoms with van der Waals surface area (Å²) in [7, 11) is 0. The van der Waals surface area contributed by atoms with Crippen molar-refractivity contribution in [1.82, 2.24) is 5.32 Å². The second-order valence-electron chi connectivity index (χ2n) is 12.9. The van der Waals surface area contributed by atoms with E-state index in [1.807, 2.05) is 0 Å². The molecule has 0 bridgehead atoms. The fourth-order valence-corrected chi connectivity index (χ4v) is 5.81. The number of hydrogen-bond donors (Lipinski definition) is 2. The molecule has 0 saturated carbocycles. The van der Waals surface area contributed by atoms with Crippen molar-refractivity contribution >= 4 is 17.8 Å². The third kappa shape index (κ3) is 25.4. The van der Waals surface area contributed by atoms with Crippen LogP contribution in [0, 0.1) is 0 Å². The molecule has 0 aliphatic rings. The Hall–Kier alpha value is -1.59. The molecule has 0 fully saturated rings. The molecule has 254 valence electrons. The highest BCUT2D eigenvalue weighted by Gasteiger charge is 2.39. The first-order chi connectivity index (χ1) is 20.9. The lowest BCUT2D eigenvalue weighted by Crippen LogP contribution is -2.54. The number of ether oxygens (including phenoxy) is 1. The predicted molar refractivity (Wildman–Crippen MR) is 180 cm³/mol. The highest BCUT2D eigenvalue weighted by Crippen LogP contribution is 2.24. The van der Waals surface area contributed by atoms with E-state index in [0.29, 0.717) is 19.4 Å². The molecule has 0 unspecified atom stereocenters. The summed E-state index contributed by atoms with van der Waals surface area (Å²) < 4.78 is 5.45. The molecule has 6 nitrogen and oxygen atoms in total. The molecule has 0 spiro atoms. The fraction of sp³-hybridized carbons (Fsp3) is 0.919. The number of aliphatic carboxylic acids is 1. The van der Waals surface area contributed by atoms with Gasteiger partial charge in [-0.2, -0.15) is 0 Å². The van der Waals surface area contributed by atoms with E-state index >= 15 is 0 Å². The molecule has 0 radical (unpaired) electrons. The minimum atomic E-state index is -1.41. The molecular weight excluding hydrogens is 538 g/mol. The summed E-state index contributed by atoms with van der Waals surface area (Å²) in [6.45, 7) is 7.03. The van der Waals surface area contributed by atoms with Gasteiger partial charge in [0.1, 0.15) is 5.54 Å². The Labute approximate surface area is 266 Å². The van der Waals surface area contributed by atoms with Crippen LogP contribution in [-0.4, -0.2) is 35.1 Å². The van der Waals surface area contributed by atoms with Crippen molar-refractivity contribution in [3.63, 3.8) is 0 Å². The molecule has 43 heavy (non-hydrogen) atoms. The van der Waals surface area contributed by atoms with Crippen LogP contribution >= 0.6 is 0 Å². The van der Waals surface area contributed by atoms with Gasteiger partial charge in [0.2, 0.25) is 5.91 Å². The number of unbranched alkanes of at least 4 members (excludes halogenated alkanes) is 22. The van der Waals surface area contributed by atoms with Crippen LogP contribution in [0.3, 0.4) is 0 Å². The van der Waals surface area contributed by atoms with Crippen molar-refractivity contribution in [3.8, 4) is 0 Å². The Morgan fingerprint density at radius 3 is 1.35 bits per heavy atom. The summed E-state index contributed by atoms with van der Waals surface area (Å²) in [5.41, 5.74) is -1.41. The molecule has 0 aromatic heterocycles. The zero-order chi connectivity index (χ0) is 31.9. The van der Waals surface area contributed by atoms with Crippen molar-refractivity contribution in [2.75, 3.05) is 6.61 Å². The summed E-state index contributed by atoms with van der Waals surface area (Å²) >= 11 is 0. The maximum absolute atomic E-state index is 12.9. The van der Waals surface area contributed by atoms with Gasteiger partial charge in [-0.3, -0.25) is 9.59 Å². The average Bonchev–Trinajstić information content (AvgIpc) is 2.99. The standard InChI is InChI=1S/C37H71NO5/c1-4-7-10-13-16-18-20-22-25-28-33-43-35(40)30-32-37(36(41)42,31-27-24-15-12-9-6-3)38-34(39)29-26-23-21-19-17-14-11-8-5-2/h4-33H2,1-3H3,(H,38,39)(H,41,42)/t37-/m0/s1. The van der Waals surface area contributed by atoms with Crippen molar-refractivity contribution in [2.45, 2.75) is 213 Å². The molecule has 2 N–H and O–H groups in total.